The van der Waals surface area contributed by atoms with Crippen LogP contribution in [0.15, 0.2) is 78.9 Å². The number of ether oxygens (including phenoxy) is 2. The molecule has 3 aromatic rings. The van der Waals surface area contributed by atoms with Crippen molar-refractivity contribution in [2.24, 2.45) is 0 Å². The third kappa shape index (κ3) is 9.55. The number of carbonyl (C=O) groups excluding carboxylic acids is 5. The Bertz CT molecular complexity index is 1640. The molecular weight excluding hydrogens is 633 g/mol. The van der Waals surface area contributed by atoms with Crippen molar-refractivity contribution in [2.45, 2.75) is 43.8 Å². The van der Waals surface area contributed by atoms with Crippen molar-refractivity contribution in [2.75, 3.05) is 39.9 Å². The van der Waals surface area contributed by atoms with E-state index in [1.807, 2.05) is 30.3 Å². The van der Waals surface area contributed by atoms with E-state index >= 15 is 0 Å². The van der Waals surface area contributed by atoms with Crippen molar-refractivity contribution in [3.8, 4) is 11.5 Å². The van der Waals surface area contributed by atoms with E-state index in [0.717, 1.165) is 5.56 Å². The van der Waals surface area contributed by atoms with Crippen LogP contribution in [0.5, 0.6) is 11.5 Å². The van der Waals surface area contributed by atoms with Crippen molar-refractivity contribution in [1.82, 2.24) is 25.8 Å². The van der Waals surface area contributed by atoms with E-state index in [1.54, 1.807) is 24.3 Å². The lowest BCUT2D eigenvalue weighted by molar-refractivity contribution is -0.145. The standard InChI is InChI=1S/C36H40FN5O7/c1-41-22-32(43)39-26(20-24-8-3-2-4-9-24)23-49-31-12-6-5-10-28(31)34(45)40-29(21-33(44)42-18-7-11-30(42)36(41)47)35(46)38-17-19-48-27-15-13-25(37)14-16-27/h2-6,8-10,12-16,26,29-30H,7,11,17-23H2,1H3,(H,38,46)(H,39,43)(H,40,45)/t26-,29+,30-/m1/s1. The summed E-state index contributed by atoms with van der Waals surface area (Å²) in [5.74, 6) is -2.33. The van der Waals surface area contributed by atoms with Gasteiger partial charge in [-0.3, -0.25) is 24.0 Å². The van der Waals surface area contributed by atoms with Crippen molar-refractivity contribution in [3.63, 3.8) is 0 Å². The maximum Gasteiger partial charge on any atom is 0.255 e. The van der Waals surface area contributed by atoms with E-state index in [9.17, 15) is 28.4 Å². The summed E-state index contributed by atoms with van der Waals surface area (Å²) in [6, 6.07) is 18.8. The number of amides is 5. The normalized spacial score (nSPS) is 20.7. The maximum atomic E-state index is 13.7. The van der Waals surface area contributed by atoms with Crippen LogP contribution in [0, 0.1) is 5.82 Å². The highest BCUT2D eigenvalue weighted by Crippen LogP contribution is 2.22. The van der Waals surface area contributed by atoms with E-state index in [-0.39, 0.29) is 37.6 Å². The summed E-state index contributed by atoms with van der Waals surface area (Å²) in [5, 5.41) is 8.35. The first-order chi connectivity index (χ1) is 23.7. The van der Waals surface area contributed by atoms with E-state index < -0.39 is 59.9 Å². The summed E-state index contributed by atoms with van der Waals surface area (Å²) in [6.07, 6.45) is 0.984. The smallest absolute Gasteiger partial charge is 0.255 e. The van der Waals surface area contributed by atoms with E-state index in [4.69, 9.17) is 9.47 Å². The molecule has 0 saturated carbocycles. The van der Waals surface area contributed by atoms with Gasteiger partial charge in [0.1, 0.15) is 42.6 Å². The number of carbonyl (C=O) groups is 5. The largest absolute Gasteiger partial charge is 0.492 e. The fraction of sp³-hybridized carbons (Fsp3) is 0.361. The second-order valence-electron chi connectivity index (χ2n) is 12.0. The molecule has 12 nitrogen and oxygen atoms in total. The lowest BCUT2D eigenvalue weighted by atomic mass is 10.1. The van der Waals surface area contributed by atoms with E-state index in [0.29, 0.717) is 31.6 Å². The highest BCUT2D eigenvalue weighted by atomic mass is 19.1. The second kappa shape index (κ2) is 16.6. The zero-order valence-electron chi connectivity index (χ0n) is 27.2. The Kier molecular flexibility index (Phi) is 11.8. The molecule has 1 fully saturated rings. The molecule has 2 heterocycles. The molecule has 3 atom stereocenters. The zero-order chi connectivity index (χ0) is 34.8. The summed E-state index contributed by atoms with van der Waals surface area (Å²) in [5.41, 5.74) is 1.09. The van der Waals surface area contributed by atoms with Crippen LogP contribution in [0.2, 0.25) is 0 Å². The minimum Gasteiger partial charge on any atom is -0.492 e. The Balaban J connectivity index is 1.38. The van der Waals surface area contributed by atoms with Gasteiger partial charge in [-0.2, -0.15) is 0 Å². The van der Waals surface area contributed by atoms with Crippen molar-refractivity contribution in [3.05, 3.63) is 95.8 Å². The number of hydrogen-bond donors (Lipinski definition) is 3. The zero-order valence-corrected chi connectivity index (χ0v) is 27.2. The second-order valence-corrected chi connectivity index (χ2v) is 12.0. The first kappa shape index (κ1) is 34.9. The number of halogens is 1. The van der Waals surface area contributed by atoms with E-state index in [1.165, 1.54) is 41.1 Å². The van der Waals surface area contributed by atoms with Crippen molar-refractivity contribution < 1.29 is 37.8 Å². The summed E-state index contributed by atoms with van der Waals surface area (Å²) in [7, 11) is 1.51. The molecule has 3 aromatic carbocycles. The minimum atomic E-state index is -1.29. The average Bonchev–Trinajstić information content (AvgIpc) is 3.59. The summed E-state index contributed by atoms with van der Waals surface area (Å²) < 4.78 is 24.9. The quantitative estimate of drug-likeness (QED) is 0.326. The van der Waals surface area contributed by atoms with Gasteiger partial charge in [-0.15, -0.1) is 0 Å². The number of nitrogens with one attached hydrogen (secondary N) is 3. The molecule has 2 aliphatic heterocycles. The first-order valence-corrected chi connectivity index (χ1v) is 16.2. The molecule has 0 aliphatic carbocycles. The van der Waals surface area contributed by atoms with Crippen molar-refractivity contribution >= 4 is 29.5 Å². The fourth-order valence-electron chi connectivity index (χ4n) is 5.90. The molecule has 49 heavy (non-hydrogen) atoms. The number of rotatable bonds is 7. The molecule has 0 radical (unpaired) electrons. The lowest BCUT2D eigenvalue weighted by Crippen LogP contribution is -2.53. The van der Waals surface area contributed by atoms with Gasteiger partial charge in [0.2, 0.25) is 23.6 Å². The Morgan fingerprint density at radius 2 is 1.71 bits per heavy atom. The van der Waals surface area contributed by atoms with Crippen LogP contribution in [-0.4, -0.2) is 97.4 Å². The predicted molar refractivity (Wildman–Crippen MR) is 177 cm³/mol. The number of likely N-dealkylation sites (N-methyl/N-ethyl adjacent to an activating group) is 1. The molecule has 13 heteroatoms. The van der Waals surface area contributed by atoms with E-state index in [2.05, 4.69) is 16.0 Å². The third-order valence-corrected chi connectivity index (χ3v) is 8.36. The van der Waals surface area contributed by atoms with Gasteiger partial charge < -0.3 is 35.2 Å². The van der Waals surface area contributed by atoms with Crippen molar-refractivity contribution in [1.29, 1.82) is 0 Å². The van der Waals surface area contributed by atoms with Crippen LogP contribution < -0.4 is 25.4 Å². The minimum absolute atomic E-state index is 0.00937. The molecule has 2 aliphatic rings. The number of benzene rings is 3. The SMILES string of the molecule is CN1CC(=O)N[C@H](Cc2ccccc2)COc2ccccc2C(=O)N[C@H](C(=O)NCCOc2ccc(F)cc2)CC(=O)N2CCC[C@@H]2C1=O. The molecular formula is C36H40FN5O7. The van der Waals surface area contributed by atoms with Gasteiger partial charge in [0, 0.05) is 13.6 Å². The summed E-state index contributed by atoms with van der Waals surface area (Å²) >= 11 is 0. The monoisotopic (exact) mass is 673 g/mol. The summed E-state index contributed by atoms with van der Waals surface area (Å²) in [6.45, 7) is 0.156. The molecule has 0 aromatic heterocycles. The predicted octanol–water partition coefficient (Wildman–Crippen LogP) is 2.08. The first-order valence-electron chi connectivity index (χ1n) is 16.2. The summed E-state index contributed by atoms with van der Waals surface area (Å²) in [4.78, 5) is 70.2. The van der Waals surface area contributed by atoms with Crippen LogP contribution in [0.1, 0.15) is 35.2 Å². The van der Waals surface area contributed by atoms with Gasteiger partial charge in [-0.05, 0) is 61.2 Å². The molecule has 0 spiro atoms. The molecule has 0 unspecified atom stereocenters. The molecule has 3 N–H and O–H groups in total. The topological polar surface area (TPSA) is 146 Å². The Labute approximate surface area is 283 Å². The fourth-order valence-corrected chi connectivity index (χ4v) is 5.90. The van der Waals surface area contributed by atoms with Crippen LogP contribution >= 0.6 is 0 Å². The lowest BCUT2D eigenvalue weighted by Gasteiger charge is -2.29. The highest BCUT2D eigenvalue weighted by Gasteiger charge is 2.38. The highest BCUT2D eigenvalue weighted by molar-refractivity contribution is 6.01. The van der Waals surface area contributed by atoms with Crippen LogP contribution in [0.3, 0.4) is 0 Å². The number of fused-ring (bicyclic) bond motifs is 2. The molecule has 258 valence electrons. The average molecular weight is 674 g/mol. The molecule has 5 amide bonds. The van der Waals surface area contributed by atoms with Gasteiger partial charge in [0.05, 0.1) is 31.1 Å². The van der Waals surface area contributed by atoms with Gasteiger partial charge >= 0.3 is 0 Å². The van der Waals surface area contributed by atoms with Crippen LogP contribution in [0.4, 0.5) is 4.39 Å². The Morgan fingerprint density at radius 3 is 2.49 bits per heavy atom. The maximum absolute atomic E-state index is 13.7. The van der Waals surface area contributed by atoms with Crippen LogP contribution in [0.25, 0.3) is 0 Å². The van der Waals surface area contributed by atoms with Gasteiger partial charge in [-0.25, -0.2) is 4.39 Å². The van der Waals surface area contributed by atoms with Gasteiger partial charge in [0.15, 0.2) is 0 Å². The third-order valence-electron chi connectivity index (χ3n) is 8.36. The number of nitrogens with zero attached hydrogens (tertiary/aromatic N) is 2. The molecule has 0 bridgehead atoms. The van der Waals surface area contributed by atoms with Gasteiger partial charge in [-0.1, -0.05) is 42.5 Å². The Hall–Kier alpha value is -5.46. The number of para-hydroxylation sites is 1. The molecule has 5 rings (SSSR count). The number of hydrogen-bond acceptors (Lipinski definition) is 7. The van der Waals surface area contributed by atoms with Crippen LogP contribution in [-0.2, 0) is 25.6 Å². The molecule has 1 saturated heterocycles. The van der Waals surface area contributed by atoms with Gasteiger partial charge in [0.25, 0.3) is 5.91 Å². The Morgan fingerprint density at radius 1 is 0.980 bits per heavy atom.